The smallest absolute Gasteiger partial charge is 0.248 e. The van der Waals surface area contributed by atoms with Crippen molar-refractivity contribution in [1.29, 1.82) is 0 Å². The SMILES string of the molecule is c1ccc2cc3c(cc2c1)c1ccccc1n3-c1nc2oc3ccccc3c2nc1-c1ccc2c(c1)sc1ccccc12. The Morgan fingerprint density at radius 2 is 1.26 bits per heavy atom. The van der Waals surface area contributed by atoms with E-state index in [0.29, 0.717) is 5.71 Å². The molecule has 0 aliphatic carbocycles. The molecular weight excluding hydrogens is 547 g/mol. The zero-order valence-corrected chi connectivity index (χ0v) is 23.6. The van der Waals surface area contributed by atoms with Gasteiger partial charge in [0.1, 0.15) is 16.8 Å². The molecule has 0 fully saturated rings. The van der Waals surface area contributed by atoms with E-state index in [4.69, 9.17) is 14.4 Å². The van der Waals surface area contributed by atoms with Crippen LogP contribution in [0.4, 0.5) is 0 Å². The number of rotatable bonds is 2. The topological polar surface area (TPSA) is 43.9 Å². The number of hydrogen-bond donors (Lipinski definition) is 0. The Bertz CT molecular complexity index is 2750. The molecule has 4 aromatic heterocycles. The van der Waals surface area contributed by atoms with Crippen LogP contribution in [0.2, 0.25) is 0 Å². The number of aromatic nitrogens is 3. The number of benzene rings is 6. The molecule has 0 aliphatic rings. The van der Waals surface area contributed by atoms with Gasteiger partial charge in [0.2, 0.25) is 5.71 Å². The quantitative estimate of drug-likeness (QED) is 0.209. The third-order valence-electron chi connectivity index (χ3n) is 8.60. The van der Waals surface area contributed by atoms with Crippen molar-refractivity contribution in [3.8, 4) is 17.1 Å². The van der Waals surface area contributed by atoms with E-state index < -0.39 is 0 Å². The molecule has 0 spiro atoms. The number of hydrogen-bond acceptors (Lipinski definition) is 4. The van der Waals surface area contributed by atoms with Gasteiger partial charge in [0.05, 0.1) is 11.0 Å². The van der Waals surface area contributed by atoms with Crippen LogP contribution >= 0.6 is 11.3 Å². The summed E-state index contributed by atoms with van der Waals surface area (Å²) in [5.74, 6) is 0.758. The Labute approximate surface area is 249 Å². The first-order valence-corrected chi connectivity index (χ1v) is 15.2. The van der Waals surface area contributed by atoms with Gasteiger partial charge in [-0.2, -0.15) is 4.98 Å². The molecule has 0 aliphatic heterocycles. The molecule has 10 aromatic rings. The summed E-state index contributed by atoms with van der Waals surface area (Å²) in [4.78, 5) is 10.6. The van der Waals surface area contributed by atoms with Crippen LogP contribution in [0, 0.1) is 0 Å². The molecule has 6 aromatic carbocycles. The summed E-state index contributed by atoms with van der Waals surface area (Å²) < 4.78 is 11.1. The first kappa shape index (κ1) is 23.1. The summed E-state index contributed by atoms with van der Waals surface area (Å²) >= 11 is 1.81. The van der Waals surface area contributed by atoms with Crippen LogP contribution in [0.15, 0.2) is 132 Å². The molecule has 0 unspecified atom stereocenters. The largest absolute Gasteiger partial charge is 0.436 e. The van der Waals surface area contributed by atoms with Gasteiger partial charge < -0.3 is 4.42 Å². The molecular formula is C38H21N3OS. The Hall–Kier alpha value is -5.52. The van der Waals surface area contributed by atoms with E-state index in [9.17, 15) is 0 Å². The van der Waals surface area contributed by atoms with E-state index in [2.05, 4.69) is 114 Å². The number of thiophene rings is 1. The first-order valence-electron chi connectivity index (χ1n) is 14.3. The lowest BCUT2D eigenvalue weighted by molar-refractivity contribution is 0.652. The molecule has 0 amide bonds. The van der Waals surface area contributed by atoms with Gasteiger partial charge in [-0.25, -0.2) is 4.98 Å². The summed E-state index contributed by atoms with van der Waals surface area (Å²) in [6, 6.07) is 45.0. The van der Waals surface area contributed by atoms with E-state index in [1.807, 2.05) is 29.5 Å². The summed E-state index contributed by atoms with van der Waals surface area (Å²) in [5.41, 5.74) is 6.13. The molecule has 5 heteroatoms. The van der Waals surface area contributed by atoms with E-state index in [1.165, 1.54) is 41.7 Å². The number of furan rings is 1. The van der Waals surface area contributed by atoms with Gasteiger partial charge in [-0.15, -0.1) is 11.3 Å². The van der Waals surface area contributed by atoms with Gasteiger partial charge in [0.15, 0.2) is 5.82 Å². The minimum Gasteiger partial charge on any atom is -0.436 e. The highest BCUT2D eigenvalue weighted by Gasteiger charge is 2.22. The van der Waals surface area contributed by atoms with Gasteiger partial charge in [-0.1, -0.05) is 84.9 Å². The van der Waals surface area contributed by atoms with Crippen molar-refractivity contribution in [2.75, 3.05) is 0 Å². The number of para-hydroxylation sites is 2. The molecule has 0 N–H and O–H groups in total. The molecule has 200 valence electrons. The minimum absolute atomic E-state index is 0.537. The maximum absolute atomic E-state index is 6.30. The van der Waals surface area contributed by atoms with Gasteiger partial charge in [-0.3, -0.25) is 4.57 Å². The summed E-state index contributed by atoms with van der Waals surface area (Å²) in [7, 11) is 0. The molecule has 0 radical (unpaired) electrons. The second kappa shape index (κ2) is 8.51. The van der Waals surface area contributed by atoms with Gasteiger partial charge >= 0.3 is 0 Å². The average molecular weight is 568 g/mol. The Kier molecular flexibility index (Phi) is 4.57. The predicted octanol–water partition coefficient (Wildman–Crippen LogP) is 10.7. The van der Waals surface area contributed by atoms with Gasteiger partial charge in [0.25, 0.3) is 0 Å². The van der Waals surface area contributed by atoms with E-state index in [0.717, 1.165) is 44.6 Å². The van der Waals surface area contributed by atoms with Crippen LogP contribution in [-0.4, -0.2) is 14.5 Å². The lowest BCUT2D eigenvalue weighted by Gasteiger charge is -2.13. The monoisotopic (exact) mass is 567 g/mol. The highest BCUT2D eigenvalue weighted by Crippen LogP contribution is 2.41. The Morgan fingerprint density at radius 1 is 0.535 bits per heavy atom. The van der Waals surface area contributed by atoms with E-state index >= 15 is 0 Å². The summed E-state index contributed by atoms with van der Waals surface area (Å²) in [6.45, 7) is 0. The van der Waals surface area contributed by atoms with Crippen LogP contribution in [-0.2, 0) is 0 Å². The molecule has 0 bridgehead atoms. The lowest BCUT2D eigenvalue weighted by Crippen LogP contribution is -2.03. The van der Waals surface area contributed by atoms with Gasteiger partial charge in [0, 0.05) is 41.9 Å². The molecule has 4 heterocycles. The predicted molar refractivity (Wildman–Crippen MR) is 179 cm³/mol. The number of fused-ring (bicyclic) bond motifs is 10. The van der Waals surface area contributed by atoms with Crippen molar-refractivity contribution in [3.63, 3.8) is 0 Å². The van der Waals surface area contributed by atoms with Crippen molar-refractivity contribution in [1.82, 2.24) is 14.5 Å². The third-order valence-corrected chi connectivity index (χ3v) is 9.73. The first-order chi connectivity index (χ1) is 21.3. The Balaban J connectivity index is 1.36. The highest BCUT2D eigenvalue weighted by molar-refractivity contribution is 7.25. The van der Waals surface area contributed by atoms with Gasteiger partial charge in [-0.05, 0) is 53.2 Å². The van der Waals surface area contributed by atoms with Crippen molar-refractivity contribution in [2.45, 2.75) is 0 Å². The fourth-order valence-electron chi connectivity index (χ4n) is 6.62. The molecule has 0 atom stereocenters. The minimum atomic E-state index is 0.537. The molecule has 0 saturated carbocycles. The number of nitrogens with zero attached hydrogens (tertiary/aromatic N) is 3. The van der Waals surface area contributed by atoms with Crippen molar-refractivity contribution < 1.29 is 4.42 Å². The van der Waals surface area contributed by atoms with Crippen molar-refractivity contribution in [2.24, 2.45) is 0 Å². The average Bonchev–Trinajstić information content (AvgIpc) is 3.71. The van der Waals surface area contributed by atoms with Crippen LogP contribution in [0.25, 0.3) is 92.0 Å². The highest BCUT2D eigenvalue weighted by atomic mass is 32.1. The normalized spacial score (nSPS) is 12.2. The van der Waals surface area contributed by atoms with Crippen LogP contribution in [0.3, 0.4) is 0 Å². The zero-order chi connectivity index (χ0) is 28.1. The maximum atomic E-state index is 6.30. The van der Waals surface area contributed by atoms with E-state index in [-0.39, 0.29) is 0 Å². The zero-order valence-electron chi connectivity index (χ0n) is 22.8. The summed E-state index contributed by atoms with van der Waals surface area (Å²) in [5, 5.41) is 8.28. The van der Waals surface area contributed by atoms with Crippen LogP contribution < -0.4 is 0 Å². The van der Waals surface area contributed by atoms with E-state index in [1.54, 1.807) is 0 Å². The third kappa shape index (κ3) is 3.25. The van der Waals surface area contributed by atoms with Crippen LogP contribution in [0.1, 0.15) is 0 Å². The standard InChI is InChI=1S/C38H21N3OS/c1-2-10-23-20-31-29(19-22(23)9-1)25-11-3-6-14-30(25)41(31)37-35(39-36-28-13-4-7-15-32(28)42-38(36)40-37)24-17-18-27-26-12-5-8-16-33(26)43-34(27)21-24/h1-21H. The second-order valence-corrected chi connectivity index (χ2v) is 12.1. The molecule has 0 saturated heterocycles. The Morgan fingerprint density at radius 3 is 2.16 bits per heavy atom. The fourth-order valence-corrected chi connectivity index (χ4v) is 7.77. The maximum Gasteiger partial charge on any atom is 0.248 e. The van der Waals surface area contributed by atoms with Crippen molar-refractivity contribution in [3.05, 3.63) is 127 Å². The van der Waals surface area contributed by atoms with Crippen molar-refractivity contribution >= 4 is 86.3 Å². The van der Waals surface area contributed by atoms with Crippen LogP contribution in [0.5, 0.6) is 0 Å². The second-order valence-electron chi connectivity index (χ2n) is 11.0. The lowest BCUT2D eigenvalue weighted by atomic mass is 10.1. The molecule has 10 rings (SSSR count). The summed E-state index contributed by atoms with van der Waals surface area (Å²) in [6.07, 6.45) is 0. The molecule has 43 heavy (non-hydrogen) atoms. The molecule has 4 nitrogen and oxygen atoms in total. The fraction of sp³-hybridized carbons (Fsp3) is 0.